The van der Waals surface area contributed by atoms with Gasteiger partial charge < -0.3 is 5.11 Å². The number of sulfonamides is 1. The Kier molecular flexibility index (Phi) is 6.48. The molecule has 3 atom stereocenters. The Labute approximate surface area is 199 Å². The van der Waals surface area contributed by atoms with E-state index in [0.29, 0.717) is 13.0 Å². The molecule has 1 aromatic heterocycles. The average Bonchev–Trinajstić information content (AvgIpc) is 2.84. The van der Waals surface area contributed by atoms with Crippen LogP contribution in [0.25, 0.3) is 11.1 Å². The second-order valence-corrected chi connectivity index (χ2v) is 10.9. The first kappa shape index (κ1) is 23.1. The van der Waals surface area contributed by atoms with Gasteiger partial charge in [0.25, 0.3) is 0 Å². The van der Waals surface area contributed by atoms with Crippen molar-refractivity contribution < 1.29 is 17.9 Å². The summed E-state index contributed by atoms with van der Waals surface area (Å²) in [5, 5.41) is 10.2. The number of aliphatic hydroxyl groups is 1. The third-order valence-electron chi connectivity index (χ3n) is 7.08. The molecule has 0 aliphatic carbocycles. The van der Waals surface area contributed by atoms with E-state index in [0.717, 1.165) is 29.7 Å². The van der Waals surface area contributed by atoms with E-state index in [2.05, 4.69) is 22.0 Å². The molecule has 3 heterocycles. The lowest BCUT2D eigenvalue weighted by atomic mass is 9.74. The number of hydrogen-bond donors (Lipinski definition) is 1. The van der Waals surface area contributed by atoms with Crippen LogP contribution in [0, 0.1) is 5.82 Å². The monoisotopic (exact) mass is 481 g/mol. The van der Waals surface area contributed by atoms with Crippen LogP contribution < -0.4 is 0 Å². The van der Waals surface area contributed by atoms with Gasteiger partial charge in [-0.3, -0.25) is 9.88 Å². The second-order valence-electron chi connectivity index (χ2n) is 8.95. The molecular weight excluding hydrogens is 453 g/mol. The van der Waals surface area contributed by atoms with Gasteiger partial charge in [0.1, 0.15) is 10.7 Å². The van der Waals surface area contributed by atoms with E-state index in [4.69, 9.17) is 0 Å². The third-order valence-corrected chi connectivity index (χ3v) is 8.98. The summed E-state index contributed by atoms with van der Waals surface area (Å²) in [5.74, 6) is -0.741. The summed E-state index contributed by atoms with van der Waals surface area (Å²) in [6.07, 6.45) is 5.07. The number of nitrogens with zero attached hydrogens (tertiary/aromatic N) is 3. The van der Waals surface area contributed by atoms with Crippen molar-refractivity contribution >= 4 is 10.0 Å². The first-order valence-electron chi connectivity index (χ1n) is 11.6. The number of aliphatic hydroxyl groups excluding tert-OH is 1. The van der Waals surface area contributed by atoms with Crippen molar-refractivity contribution in [2.45, 2.75) is 35.7 Å². The Bertz CT molecular complexity index is 1240. The molecule has 0 radical (unpaired) electrons. The molecule has 5 rings (SSSR count). The summed E-state index contributed by atoms with van der Waals surface area (Å²) in [6, 6.07) is 17.5. The van der Waals surface area contributed by atoms with Gasteiger partial charge in [0.05, 0.1) is 6.61 Å². The fourth-order valence-electron chi connectivity index (χ4n) is 5.35. The lowest BCUT2D eigenvalue weighted by Gasteiger charge is -2.57. The van der Waals surface area contributed by atoms with E-state index in [1.807, 2.05) is 30.5 Å². The van der Waals surface area contributed by atoms with Crippen molar-refractivity contribution in [1.82, 2.24) is 14.2 Å². The van der Waals surface area contributed by atoms with Gasteiger partial charge in [0.15, 0.2) is 0 Å². The minimum absolute atomic E-state index is 0.00554. The highest BCUT2D eigenvalue weighted by Crippen LogP contribution is 2.43. The largest absolute Gasteiger partial charge is 0.395 e. The fraction of sp³-hybridized carbons (Fsp3) is 0.346. The van der Waals surface area contributed by atoms with E-state index in [9.17, 15) is 17.9 Å². The molecule has 8 heteroatoms. The van der Waals surface area contributed by atoms with Crippen molar-refractivity contribution in [1.29, 1.82) is 0 Å². The Balaban J connectivity index is 1.44. The van der Waals surface area contributed by atoms with Crippen LogP contribution in [0.5, 0.6) is 0 Å². The molecule has 2 saturated heterocycles. The van der Waals surface area contributed by atoms with Crippen LogP contribution >= 0.6 is 0 Å². The molecule has 6 nitrogen and oxygen atoms in total. The van der Waals surface area contributed by atoms with Gasteiger partial charge in [-0.15, -0.1) is 0 Å². The third kappa shape index (κ3) is 4.15. The summed E-state index contributed by atoms with van der Waals surface area (Å²) in [6.45, 7) is 1.44. The Hall–Kier alpha value is -2.65. The van der Waals surface area contributed by atoms with E-state index >= 15 is 0 Å². The first-order chi connectivity index (χ1) is 16.5. The van der Waals surface area contributed by atoms with E-state index < -0.39 is 15.8 Å². The predicted molar refractivity (Wildman–Crippen MR) is 128 cm³/mol. The molecular formula is C26H28FN3O3S. The Morgan fingerprint density at radius 2 is 1.74 bits per heavy atom. The number of hydrogen-bond acceptors (Lipinski definition) is 5. The Morgan fingerprint density at radius 3 is 2.44 bits per heavy atom. The molecule has 34 heavy (non-hydrogen) atoms. The van der Waals surface area contributed by atoms with Crippen molar-refractivity contribution in [3.8, 4) is 11.1 Å². The van der Waals surface area contributed by atoms with Crippen LogP contribution in [0.4, 0.5) is 4.39 Å². The zero-order valence-electron chi connectivity index (χ0n) is 18.8. The lowest BCUT2D eigenvalue weighted by Crippen LogP contribution is -2.67. The SMILES string of the molecule is O=S(=O)(c1ccccc1F)N1CCCCN2[C@@H](CO)[C@@H](c3ccc(-c4cccnc4)cc3)[C@@H]2C1. The van der Waals surface area contributed by atoms with Crippen molar-refractivity contribution in [3.05, 3.63) is 84.4 Å². The first-order valence-corrected chi connectivity index (χ1v) is 13.1. The van der Waals surface area contributed by atoms with Gasteiger partial charge >= 0.3 is 0 Å². The summed E-state index contributed by atoms with van der Waals surface area (Å²) < 4.78 is 42.5. The van der Waals surface area contributed by atoms with Gasteiger partial charge in [-0.25, -0.2) is 12.8 Å². The fourth-order valence-corrected chi connectivity index (χ4v) is 6.91. The maximum atomic E-state index is 14.4. The molecule has 2 aromatic carbocycles. The molecule has 0 bridgehead atoms. The van der Waals surface area contributed by atoms with E-state index in [1.54, 1.807) is 12.3 Å². The standard InChI is InChI=1S/C26H28FN3O3S/c27-22-7-1-2-8-25(22)34(32,33)29-14-3-4-15-30-23(17-29)26(24(30)18-31)20-11-9-19(10-12-20)21-6-5-13-28-16-21/h1-2,5-13,16,23-24,26,31H,3-4,14-15,17-18H2/t23-,24-,26-/m0/s1. The van der Waals surface area contributed by atoms with Crippen LogP contribution in [0.1, 0.15) is 24.3 Å². The molecule has 2 aliphatic rings. The van der Waals surface area contributed by atoms with Crippen LogP contribution in [-0.2, 0) is 10.0 Å². The number of aromatic nitrogens is 1. The zero-order valence-corrected chi connectivity index (χ0v) is 19.6. The van der Waals surface area contributed by atoms with Gasteiger partial charge in [-0.05, 0) is 54.3 Å². The van der Waals surface area contributed by atoms with Crippen LogP contribution in [0.3, 0.4) is 0 Å². The summed E-state index contributed by atoms with van der Waals surface area (Å²) in [7, 11) is -3.97. The van der Waals surface area contributed by atoms with Gasteiger partial charge in [0, 0.05) is 43.5 Å². The number of fused-ring (bicyclic) bond motifs is 1. The number of pyridine rings is 1. The number of benzene rings is 2. The molecule has 0 saturated carbocycles. The number of rotatable bonds is 5. The van der Waals surface area contributed by atoms with Gasteiger partial charge in [0.2, 0.25) is 10.0 Å². The smallest absolute Gasteiger partial charge is 0.246 e. The second kappa shape index (κ2) is 9.54. The summed E-state index contributed by atoms with van der Waals surface area (Å²) in [5.41, 5.74) is 3.14. The van der Waals surface area contributed by atoms with Crippen LogP contribution in [0.2, 0.25) is 0 Å². The summed E-state index contributed by atoms with van der Waals surface area (Å²) >= 11 is 0. The molecule has 3 aromatic rings. The maximum Gasteiger partial charge on any atom is 0.246 e. The van der Waals surface area contributed by atoms with Crippen molar-refractivity contribution in [3.63, 3.8) is 0 Å². The molecule has 2 fully saturated rings. The topological polar surface area (TPSA) is 73.7 Å². The highest BCUT2D eigenvalue weighted by molar-refractivity contribution is 7.89. The quantitative estimate of drug-likeness (QED) is 0.604. The average molecular weight is 482 g/mol. The molecule has 0 amide bonds. The molecule has 178 valence electrons. The molecule has 2 aliphatic heterocycles. The van der Waals surface area contributed by atoms with Crippen molar-refractivity contribution in [2.75, 3.05) is 26.2 Å². The normalized spacial score (nSPS) is 24.0. The van der Waals surface area contributed by atoms with E-state index in [1.165, 1.54) is 22.5 Å². The van der Waals surface area contributed by atoms with Crippen LogP contribution in [0.15, 0.2) is 78.0 Å². The predicted octanol–water partition coefficient (Wildman–Crippen LogP) is 3.50. The number of halogens is 1. The summed E-state index contributed by atoms with van der Waals surface area (Å²) in [4.78, 5) is 6.11. The minimum Gasteiger partial charge on any atom is -0.395 e. The highest BCUT2D eigenvalue weighted by Gasteiger charge is 2.50. The maximum absolute atomic E-state index is 14.4. The lowest BCUT2D eigenvalue weighted by molar-refractivity contribution is -0.0554. The molecule has 1 N–H and O–H groups in total. The molecule has 0 unspecified atom stereocenters. The van der Waals surface area contributed by atoms with Crippen molar-refractivity contribution in [2.24, 2.45) is 0 Å². The molecule has 0 spiro atoms. The minimum atomic E-state index is -3.97. The Morgan fingerprint density at radius 1 is 0.971 bits per heavy atom. The van der Waals surface area contributed by atoms with E-state index in [-0.39, 0.29) is 36.0 Å². The van der Waals surface area contributed by atoms with Gasteiger partial charge in [-0.2, -0.15) is 4.31 Å². The van der Waals surface area contributed by atoms with Gasteiger partial charge in [-0.1, -0.05) is 42.5 Å². The zero-order chi connectivity index (χ0) is 23.7. The van der Waals surface area contributed by atoms with Crippen LogP contribution in [-0.4, -0.2) is 66.0 Å². The highest BCUT2D eigenvalue weighted by atomic mass is 32.2.